The molecule has 0 aliphatic rings. The van der Waals surface area contributed by atoms with Crippen LogP contribution in [0.5, 0.6) is 0 Å². The summed E-state index contributed by atoms with van der Waals surface area (Å²) in [6, 6.07) is 17.8. The second-order valence-electron chi connectivity index (χ2n) is 20.2. The molecule has 0 fully saturated rings. The van der Waals surface area contributed by atoms with E-state index in [0.717, 1.165) is 36.3 Å². The number of hydrogen-bond acceptors (Lipinski definition) is 2. The monoisotopic (exact) mass is 939 g/mol. The molecule has 0 N–H and O–H groups in total. The third-order valence-corrected chi connectivity index (χ3v) is 14.0. The van der Waals surface area contributed by atoms with Crippen molar-refractivity contribution in [3.63, 3.8) is 0 Å². The van der Waals surface area contributed by atoms with Crippen LogP contribution >= 0.6 is 0 Å². The number of unbranched alkanes of at least 4 members (excludes halogenated alkanes) is 40. The third-order valence-electron chi connectivity index (χ3n) is 14.0. The van der Waals surface area contributed by atoms with Crippen LogP contribution in [0.4, 0.5) is 11.4 Å². The Hall–Kier alpha value is -1.73. The van der Waals surface area contributed by atoms with Crippen LogP contribution in [0, 0.1) is 0 Å². The molecule has 0 unspecified atom stereocenters. The Bertz CT molecular complexity index is 1330. The molecule has 0 saturated heterocycles. The maximum absolute atomic E-state index is 5.01. The van der Waals surface area contributed by atoms with Gasteiger partial charge in [-0.25, -0.2) is 0 Å². The van der Waals surface area contributed by atoms with Crippen LogP contribution < -0.4 is 0 Å². The van der Waals surface area contributed by atoms with Crippen LogP contribution in [0.15, 0.2) is 58.5 Å². The molecule has 2 aromatic carbocycles. The van der Waals surface area contributed by atoms with Crippen LogP contribution in [0.2, 0.25) is 0 Å². The van der Waals surface area contributed by atoms with E-state index in [2.05, 4.69) is 69.3 Å². The molecule has 2 rings (SSSR count). The summed E-state index contributed by atoms with van der Waals surface area (Å²) in [5, 5.41) is 0. The van der Waals surface area contributed by atoms with E-state index in [0.29, 0.717) is 0 Å². The van der Waals surface area contributed by atoms with Crippen molar-refractivity contribution in [2.75, 3.05) is 0 Å². The molecule has 0 aliphatic carbocycles. The van der Waals surface area contributed by atoms with Crippen LogP contribution in [-0.2, 0) is 29.3 Å². The quantitative estimate of drug-likeness (QED) is 0.0359. The van der Waals surface area contributed by atoms with Crippen molar-refractivity contribution < 1.29 is 16.5 Å². The molecule has 0 aliphatic heterocycles. The zero-order valence-corrected chi connectivity index (χ0v) is 44.7. The number of benzene rings is 2. The van der Waals surface area contributed by atoms with E-state index in [9.17, 15) is 0 Å². The number of rotatable bonds is 48. The summed E-state index contributed by atoms with van der Waals surface area (Å²) in [6.45, 7) is 6.80. The molecule has 3 heteroatoms. The van der Waals surface area contributed by atoms with Gasteiger partial charge in [-0.1, -0.05) is 302 Å². The first kappa shape index (κ1) is 61.3. The van der Waals surface area contributed by atoms with E-state index in [4.69, 9.17) is 9.98 Å². The predicted octanol–water partition coefficient (Wildman–Crippen LogP) is 22.1. The molecule has 2 aromatic rings. The van der Waals surface area contributed by atoms with Crippen LogP contribution in [0.1, 0.15) is 308 Å². The predicted molar refractivity (Wildman–Crippen MR) is 291 cm³/mol. The molecule has 0 amide bonds. The summed E-state index contributed by atoms with van der Waals surface area (Å²) in [4.78, 5) is 9.89. The molecular weight excluding hydrogens is 831 g/mol. The molecule has 2 nitrogen and oxygen atoms in total. The Balaban J connectivity index is 0.0000211. The summed E-state index contributed by atoms with van der Waals surface area (Å²) in [5.74, 6) is 0. The molecule has 0 aromatic heterocycles. The van der Waals surface area contributed by atoms with Gasteiger partial charge in [-0.3, -0.25) is 9.98 Å². The number of aryl methyl sites for hydroxylation is 2. The molecule has 0 spiro atoms. The van der Waals surface area contributed by atoms with Gasteiger partial charge < -0.3 is 0 Å². The number of aliphatic imine (C=N–C) groups is 2. The summed E-state index contributed by atoms with van der Waals surface area (Å²) in [7, 11) is 0. The van der Waals surface area contributed by atoms with Crippen molar-refractivity contribution in [2.24, 2.45) is 9.98 Å². The fourth-order valence-corrected chi connectivity index (χ4v) is 9.61. The fourth-order valence-electron chi connectivity index (χ4n) is 9.61. The van der Waals surface area contributed by atoms with Gasteiger partial charge in [0.1, 0.15) is 0 Å². The number of nitrogens with zero attached hydrogens (tertiary/aromatic N) is 2. The Labute approximate surface area is 417 Å². The van der Waals surface area contributed by atoms with E-state index in [1.165, 1.54) is 281 Å². The van der Waals surface area contributed by atoms with Crippen molar-refractivity contribution in [2.45, 2.75) is 310 Å². The Morgan fingerprint density at radius 3 is 0.892 bits per heavy atom. The van der Waals surface area contributed by atoms with E-state index in [1.807, 2.05) is 6.21 Å². The van der Waals surface area contributed by atoms with Gasteiger partial charge in [0.05, 0.1) is 17.1 Å². The molecule has 0 radical (unpaired) electrons. The van der Waals surface area contributed by atoms with Gasteiger partial charge in [0.25, 0.3) is 0 Å². The van der Waals surface area contributed by atoms with Crippen molar-refractivity contribution in [1.29, 1.82) is 0 Å². The molecule has 0 bridgehead atoms. The molecule has 0 atom stereocenters. The Morgan fingerprint density at radius 1 is 0.338 bits per heavy atom. The van der Waals surface area contributed by atoms with Gasteiger partial charge in [0.2, 0.25) is 0 Å². The largest absolute Gasteiger partial charge is 0.255 e. The van der Waals surface area contributed by atoms with E-state index in [1.54, 1.807) is 0 Å². The van der Waals surface area contributed by atoms with Gasteiger partial charge in [-0.15, -0.1) is 0 Å². The van der Waals surface area contributed by atoms with Crippen molar-refractivity contribution >= 4 is 23.3 Å². The minimum atomic E-state index is 0. The number of hydrogen-bond donors (Lipinski definition) is 0. The van der Waals surface area contributed by atoms with Crippen LogP contribution in [-0.4, -0.2) is 11.9 Å². The smallest absolute Gasteiger partial charge is 0.0636 e. The van der Waals surface area contributed by atoms with Gasteiger partial charge in [-0.2, -0.15) is 0 Å². The van der Waals surface area contributed by atoms with Gasteiger partial charge in [0, 0.05) is 22.7 Å². The molecule has 0 heterocycles. The van der Waals surface area contributed by atoms with Crippen LogP contribution in [0.25, 0.3) is 0 Å². The first-order valence-electron chi connectivity index (χ1n) is 29.0. The summed E-state index contributed by atoms with van der Waals surface area (Å²) in [5.41, 5.74) is 5.98. The topological polar surface area (TPSA) is 24.7 Å². The normalized spacial score (nSPS) is 11.8. The zero-order valence-electron chi connectivity index (χ0n) is 43.7. The maximum atomic E-state index is 5.01. The second kappa shape index (κ2) is 48.7. The van der Waals surface area contributed by atoms with E-state index >= 15 is 0 Å². The first-order chi connectivity index (χ1) is 31.7. The minimum Gasteiger partial charge on any atom is -0.255 e. The molecule has 376 valence electrons. The SMILES string of the molecule is CCCCCCCCCCCCCCCCCCCCCCCc1cccc(/N=C(\C=N\c2cccc(CCCCCCCCCCCCCCCCCCCCCCC)c2)CC)c1.[Ni]. The van der Waals surface area contributed by atoms with E-state index in [-0.39, 0.29) is 16.5 Å². The average Bonchev–Trinajstić information content (AvgIpc) is 3.31. The van der Waals surface area contributed by atoms with Gasteiger partial charge in [-0.05, 0) is 67.5 Å². The molecule has 0 saturated carbocycles. The standard InChI is InChI=1S/C62H108N2.Ni/c1-4-7-9-11-13-15-17-19-21-23-25-27-29-31-33-35-37-39-41-43-45-49-58-51-47-53-61(55-58)63-57-60(6-3)64-62-54-48-52-59(56-62)50-46-44-42-40-38-36-34-32-30-28-26-24-22-20-18-16-14-12-10-8-5-2;/h47-48,51-57H,4-46,49-50H2,1-3H3;/b63-57+,64-60-;. The maximum Gasteiger partial charge on any atom is 0.0636 e. The first-order valence-corrected chi connectivity index (χ1v) is 29.0. The summed E-state index contributed by atoms with van der Waals surface area (Å²) in [6.07, 6.45) is 65.4. The second-order valence-corrected chi connectivity index (χ2v) is 20.2. The minimum absolute atomic E-state index is 0. The Kier molecular flexibility index (Phi) is 45.9. The van der Waals surface area contributed by atoms with Crippen molar-refractivity contribution in [3.8, 4) is 0 Å². The van der Waals surface area contributed by atoms with Gasteiger partial charge >= 0.3 is 0 Å². The van der Waals surface area contributed by atoms with E-state index < -0.39 is 0 Å². The molecular formula is C62H108N2Ni. The summed E-state index contributed by atoms with van der Waals surface area (Å²) >= 11 is 0. The van der Waals surface area contributed by atoms with Crippen LogP contribution in [0.3, 0.4) is 0 Å². The third kappa shape index (κ3) is 39.9. The van der Waals surface area contributed by atoms with Crippen molar-refractivity contribution in [3.05, 3.63) is 59.7 Å². The molecule has 65 heavy (non-hydrogen) atoms. The summed E-state index contributed by atoms with van der Waals surface area (Å²) < 4.78 is 0. The van der Waals surface area contributed by atoms with Gasteiger partial charge in [0.15, 0.2) is 0 Å². The van der Waals surface area contributed by atoms with Crippen molar-refractivity contribution in [1.82, 2.24) is 0 Å². The fraction of sp³-hybridized carbons (Fsp3) is 0.774. The Morgan fingerprint density at radius 2 is 0.600 bits per heavy atom. The zero-order chi connectivity index (χ0) is 45.5. The average molecular weight is 940 g/mol.